The molecule has 0 atom stereocenters. The van der Waals surface area contributed by atoms with E-state index in [1.807, 2.05) is 18.4 Å². The van der Waals surface area contributed by atoms with E-state index in [1.54, 1.807) is 28.8 Å². The number of thiophene rings is 1. The third kappa shape index (κ3) is 3.55. The quantitative estimate of drug-likeness (QED) is 0.360. The number of ketones is 1. The van der Waals surface area contributed by atoms with E-state index in [2.05, 4.69) is 4.98 Å². The van der Waals surface area contributed by atoms with Gasteiger partial charge in [0.15, 0.2) is 10.9 Å². The second-order valence-corrected chi connectivity index (χ2v) is 7.53. The molecule has 1 aromatic carbocycles. The largest absolute Gasteiger partial charge is 0.292 e. The van der Waals surface area contributed by atoms with Gasteiger partial charge in [0.2, 0.25) is 0 Å². The summed E-state index contributed by atoms with van der Waals surface area (Å²) in [7, 11) is 0. The van der Waals surface area contributed by atoms with Crippen LogP contribution in [0.4, 0.5) is 0 Å². The Morgan fingerprint density at radius 2 is 2.21 bits per heavy atom. The van der Waals surface area contributed by atoms with Gasteiger partial charge in [-0.25, -0.2) is 4.98 Å². The fourth-order valence-corrected chi connectivity index (χ4v) is 4.17. The molecule has 0 aliphatic heterocycles. The van der Waals surface area contributed by atoms with Crippen molar-refractivity contribution in [2.75, 3.05) is 5.75 Å². The molecule has 0 amide bonds. The summed E-state index contributed by atoms with van der Waals surface area (Å²) in [6, 6.07) is 8.73. The van der Waals surface area contributed by atoms with Gasteiger partial charge in [0.1, 0.15) is 0 Å². The maximum Gasteiger partial charge on any atom is 0.262 e. The van der Waals surface area contributed by atoms with Crippen LogP contribution in [0.5, 0.6) is 0 Å². The third-order valence-corrected chi connectivity index (χ3v) is 5.58. The lowest BCUT2D eigenvalue weighted by Gasteiger charge is -2.12. The number of Topliss-reactive ketones (excluding diaryl/α,β-unsaturated/α-hetero) is 1. The van der Waals surface area contributed by atoms with Crippen LogP contribution in [0.1, 0.15) is 23.0 Å². The Balaban J connectivity index is 1.97. The molecule has 0 saturated heterocycles. The molecular formula is C17H15ClN2O2S2. The normalized spacial score (nSPS) is 11.1. The number of halogens is 1. The monoisotopic (exact) mass is 378 g/mol. The van der Waals surface area contributed by atoms with Crippen LogP contribution in [0, 0.1) is 0 Å². The first-order valence-corrected chi connectivity index (χ1v) is 9.74. The van der Waals surface area contributed by atoms with Crippen LogP contribution >= 0.6 is 34.7 Å². The zero-order valence-corrected chi connectivity index (χ0v) is 15.4. The van der Waals surface area contributed by atoms with E-state index in [0.717, 1.165) is 11.3 Å². The fraction of sp³-hybridized carbons (Fsp3) is 0.235. The van der Waals surface area contributed by atoms with E-state index in [4.69, 9.17) is 11.6 Å². The van der Waals surface area contributed by atoms with Crippen molar-refractivity contribution in [1.29, 1.82) is 0 Å². The smallest absolute Gasteiger partial charge is 0.262 e. The second kappa shape index (κ2) is 7.51. The first-order valence-electron chi connectivity index (χ1n) is 7.49. The molecule has 4 nitrogen and oxygen atoms in total. The zero-order chi connectivity index (χ0) is 17.1. The molecule has 0 aliphatic carbocycles. The summed E-state index contributed by atoms with van der Waals surface area (Å²) in [5.41, 5.74) is 0.468. The van der Waals surface area contributed by atoms with Crippen molar-refractivity contribution in [2.24, 2.45) is 0 Å². The number of benzene rings is 1. The molecule has 0 aliphatic rings. The predicted molar refractivity (Wildman–Crippen MR) is 101 cm³/mol. The molecule has 0 unspecified atom stereocenters. The van der Waals surface area contributed by atoms with Crippen LogP contribution in [-0.4, -0.2) is 21.1 Å². The van der Waals surface area contributed by atoms with Crippen molar-refractivity contribution in [3.8, 4) is 0 Å². The van der Waals surface area contributed by atoms with Gasteiger partial charge in [-0.2, -0.15) is 0 Å². The second-order valence-electron chi connectivity index (χ2n) is 5.20. The molecule has 3 rings (SSSR count). The van der Waals surface area contributed by atoms with E-state index < -0.39 is 0 Å². The van der Waals surface area contributed by atoms with Gasteiger partial charge in [-0.1, -0.05) is 36.4 Å². The minimum absolute atomic E-state index is 0.0403. The Kier molecular flexibility index (Phi) is 5.38. The molecule has 0 saturated carbocycles. The minimum Gasteiger partial charge on any atom is -0.292 e. The summed E-state index contributed by atoms with van der Waals surface area (Å²) < 4.78 is 1.64. The molecule has 2 heterocycles. The summed E-state index contributed by atoms with van der Waals surface area (Å²) in [5, 5.41) is 3.51. The number of rotatable bonds is 6. The highest BCUT2D eigenvalue weighted by Crippen LogP contribution is 2.22. The maximum absolute atomic E-state index is 12.7. The number of carbonyl (C=O) groups excluding carboxylic acids is 1. The summed E-state index contributed by atoms with van der Waals surface area (Å²) in [5.74, 6) is 0.293. The van der Waals surface area contributed by atoms with Crippen LogP contribution in [0.3, 0.4) is 0 Å². The highest BCUT2D eigenvalue weighted by Gasteiger charge is 2.14. The average molecular weight is 379 g/mol. The van der Waals surface area contributed by atoms with E-state index in [9.17, 15) is 9.59 Å². The first kappa shape index (κ1) is 17.2. The molecule has 0 radical (unpaired) electrons. The van der Waals surface area contributed by atoms with Crippen LogP contribution in [0.25, 0.3) is 10.9 Å². The molecular weight excluding hydrogens is 364 g/mol. The molecule has 3 aromatic rings. The molecule has 124 valence electrons. The van der Waals surface area contributed by atoms with E-state index in [1.165, 1.54) is 23.1 Å². The molecule has 2 aromatic heterocycles. The van der Waals surface area contributed by atoms with Gasteiger partial charge >= 0.3 is 0 Å². The first-order chi connectivity index (χ1) is 11.6. The molecule has 7 heteroatoms. The predicted octanol–water partition coefficient (Wildman–Crippen LogP) is 4.50. The maximum atomic E-state index is 12.7. The number of thioether (sulfide) groups is 1. The van der Waals surface area contributed by atoms with Crippen molar-refractivity contribution >= 4 is 51.4 Å². The van der Waals surface area contributed by atoms with Gasteiger partial charge < -0.3 is 0 Å². The van der Waals surface area contributed by atoms with Gasteiger partial charge in [-0.3, -0.25) is 14.2 Å². The Labute approximate surface area is 152 Å². The van der Waals surface area contributed by atoms with Crippen molar-refractivity contribution in [1.82, 2.24) is 9.55 Å². The van der Waals surface area contributed by atoms with E-state index >= 15 is 0 Å². The Hall–Kier alpha value is -1.63. The van der Waals surface area contributed by atoms with Crippen molar-refractivity contribution in [3.63, 3.8) is 0 Å². The van der Waals surface area contributed by atoms with Gasteiger partial charge in [-0.05, 0) is 36.1 Å². The van der Waals surface area contributed by atoms with Gasteiger partial charge in [0, 0.05) is 11.6 Å². The third-order valence-electron chi connectivity index (χ3n) is 3.46. The molecule has 24 heavy (non-hydrogen) atoms. The van der Waals surface area contributed by atoms with Crippen LogP contribution < -0.4 is 5.56 Å². The minimum atomic E-state index is -0.0930. The average Bonchev–Trinajstić information content (AvgIpc) is 3.10. The van der Waals surface area contributed by atoms with Crippen LogP contribution in [-0.2, 0) is 6.54 Å². The molecule has 0 spiro atoms. The Morgan fingerprint density at radius 3 is 2.92 bits per heavy atom. The lowest BCUT2D eigenvalue weighted by molar-refractivity contribution is 0.102. The van der Waals surface area contributed by atoms with Crippen molar-refractivity contribution in [2.45, 2.75) is 25.0 Å². The topological polar surface area (TPSA) is 52.0 Å². The van der Waals surface area contributed by atoms with Gasteiger partial charge in [0.25, 0.3) is 5.56 Å². The van der Waals surface area contributed by atoms with Crippen molar-refractivity contribution in [3.05, 3.63) is 56.0 Å². The molecule has 0 bridgehead atoms. The summed E-state index contributed by atoms with van der Waals surface area (Å²) in [6.45, 7) is 2.57. The van der Waals surface area contributed by atoms with Crippen LogP contribution in [0.15, 0.2) is 45.7 Å². The molecule has 0 N–H and O–H groups in total. The molecule has 0 fully saturated rings. The zero-order valence-electron chi connectivity index (χ0n) is 13.0. The summed E-state index contributed by atoms with van der Waals surface area (Å²) >= 11 is 8.72. The number of aromatic nitrogens is 2. The van der Waals surface area contributed by atoms with Gasteiger partial charge in [-0.15, -0.1) is 11.3 Å². The number of hydrogen-bond acceptors (Lipinski definition) is 5. The lowest BCUT2D eigenvalue weighted by Crippen LogP contribution is -2.23. The number of nitrogens with zero attached hydrogens (tertiary/aromatic N) is 2. The standard InChI is InChI=1S/C17H15ClN2O2S2/c1-2-7-20-16(22)12-6-5-11(18)9-13(12)19-17(20)24-10-14(21)15-4-3-8-23-15/h3-6,8-9H,2,7,10H2,1H3. The Bertz CT molecular complexity index is 936. The highest BCUT2D eigenvalue weighted by atomic mass is 35.5. The number of carbonyl (C=O) groups is 1. The van der Waals surface area contributed by atoms with E-state index in [-0.39, 0.29) is 17.1 Å². The van der Waals surface area contributed by atoms with Gasteiger partial charge in [0.05, 0.1) is 21.5 Å². The summed E-state index contributed by atoms with van der Waals surface area (Å²) in [6.07, 6.45) is 0.813. The lowest BCUT2D eigenvalue weighted by atomic mass is 10.2. The SMILES string of the molecule is CCCn1c(SCC(=O)c2cccs2)nc2cc(Cl)ccc2c1=O. The highest BCUT2D eigenvalue weighted by molar-refractivity contribution is 7.99. The Morgan fingerprint density at radius 1 is 1.38 bits per heavy atom. The number of hydrogen-bond donors (Lipinski definition) is 0. The number of fused-ring (bicyclic) bond motifs is 1. The van der Waals surface area contributed by atoms with E-state index in [0.29, 0.717) is 27.6 Å². The fourth-order valence-electron chi connectivity index (χ4n) is 2.34. The summed E-state index contributed by atoms with van der Waals surface area (Å²) in [4.78, 5) is 30.2. The van der Waals surface area contributed by atoms with Crippen molar-refractivity contribution < 1.29 is 4.79 Å². The van der Waals surface area contributed by atoms with Crippen LogP contribution in [0.2, 0.25) is 5.02 Å².